The van der Waals surface area contributed by atoms with Gasteiger partial charge in [0, 0.05) is 28.7 Å². The molecule has 1 aromatic heterocycles. The second-order valence-corrected chi connectivity index (χ2v) is 9.83. The van der Waals surface area contributed by atoms with Gasteiger partial charge in [-0.15, -0.1) is 0 Å². The van der Waals surface area contributed by atoms with E-state index in [1.807, 2.05) is 19.9 Å². The van der Waals surface area contributed by atoms with E-state index >= 15 is 0 Å². The summed E-state index contributed by atoms with van der Waals surface area (Å²) >= 11 is 6.21. The second-order valence-electron chi connectivity index (χ2n) is 7.21. The van der Waals surface area contributed by atoms with Gasteiger partial charge in [-0.05, 0) is 45.2 Å². The fourth-order valence-corrected chi connectivity index (χ4v) is 5.63. The topological polar surface area (TPSA) is 55.3 Å². The first-order chi connectivity index (χ1) is 11.4. The molecule has 2 fully saturated rings. The Morgan fingerprint density at radius 1 is 1.33 bits per heavy atom. The Bertz CT molecular complexity index is 620. The molecule has 0 amide bonds. The highest BCUT2D eigenvalue weighted by atomic mass is 35.5. The van der Waals surface area contributed by atoms with Crippen LogP contribution in [0.1, 0.15) is 52.1 Å². The van der Waals surface area contributed by atoms with Gasteiger partial charge < -0.3 is 9.64 Å². The number of ether oxygens (including phenoxy) is 1. The summed E-state index contributed by atoms with van der Waals surface area (Å²) in [5.74, 6) is 0.803. The van der Waals surface area contributed by atoms with Gasteiger partial charge in [-0.3, -0.25) is 4.21 Å². The maximum Gasteiger partial charge on any atom is 0.224 e. The van der Waals surface area contributed by atoms with Crippen molar-refractivity contribution in [1.29, 1.82) is 0 Å². The molecule has 2 atom stereocenters. The van der Waals surface area contributed by atoms with E-state index in [0.717, 1.165) is 30.9 Å². The maximum atomic E-state index is 13.1. The quantitative estimate of drug-likeness (QED) is 0.760. The van der Waals surface area contributed by atoms with Crippen molar-refractivity contribution < 1.29 is 8.95 Å². The zero-order chi connectivity index (χ0) is 17.3. The molecule has 1 aliphatic heterocycles. The van der Waals surface area contributed by atoms with Crippen LogP contribution in [0.25, 0.3) is 0 Å². The van der Waals surface area contributed by atoms with E-state index < -0.39 is 15.5 Å². The van der Waals surface area contributed by atoms with Crippen molar-refractivity contribution in [1.82, 2.24) is 9.97 Å². The van der Waals surface area contributed by atoms with Gasteiger partial charge in [-0.1, -0.05) is 12.8 Å². The molecule has 1 aliphatic carbocycles. The summed E-state index contributed by atoms with van der Waals surface area (Å²) in [6, 6.07) is 2.20. The lowest BCUT2D eigenvalue weighted by Crippen LogP contribution is -2.44. The number of halogens is 1. The predicted molar refractivity (Wildman–Crippen MR) is 98.1 cm³/mol. The average Bonchev–Trinajstić information content (AvgIpc) is 3.08. The van der Waals surface area contributed by atoms with Crippen LogP contribution in [-0.4, -0.2) is 45.2 Å². The zero-order valence-electron chi connectivity index (χ0n) is 14.6. The number of hydrogen-bond acceptors (Lipinski definition) is 5. The third-order valence-electron chi connectivity index (χ3n) is 5.07. The number of rotatable bonds is 4. The average molecular weight is 372 g/mol. The van der Waals surface area contributed by atoms with Gasteiger partial charge in [0.15, 0.2) is 0 Å². The lowest BCUT2D eigenvalue weighted by atomic mass is 10.1. The molecule has 0 spiro atoms. The first kappa shape index (κ1) is 18.1. The highest BCUT2D eigenvalue weighted by molar-refractivity contribution is 7.86. The Morgan fingerprint density at radius 2 is 2.04 bits per heavy atom. The molecule has 24 heavy (non-hydrogen) atoms. The molecule has 2 aliphatic rings. The third-order valence-corrected chi connectivity index (χ3v) is 7.53. The van der Waals surface area contributed by atoms with E-state index in [2.05, 4.69) is 21.8 Å². The van der Waals surface area contributed by atoms with E-state index in [4.69, 9.17) is 16.3 Å². The molecule has 0 bridgehead atoms. The summed E-state index contributed by atoms with van der Waals surface area (Å²) < 4.78 is 18.1. The molecule has 0 radical (unpaired) electrons. The van der Waals surface area contributed by atoms with E-state index in [0.29, 0.717) is 13.2 Å². The fraction of sp³-hybridized carbons (Fsp3) is 0.765. The summed E-state index contributed by atoms with van der Waals surface area (Å²) in [6.07, 6.45) is 4.44. The van der Waals surface area contributed by atoms with E-state index in [-0.39, 0.29) is 16.6 Å². The molecule has 2 heterocycles. The Kier molecular flexibility index (Phi) is 5.47. The molecule has 3 rings (SSSR count). The minimum Gasteiger partial charge on any atom is -0.377 e. The number of morpholine rings is 1. The predicted octanol–water partition coefficient (Wildman–Crippen LogP) is 3.28. The van der Waals surface area contributed by atoms with Gasteiger partial charge in [-0.25, -0.2) is 9.97 Å². The normalized spacial score (nSPS) is 24.3. The third kappa shape index (κ3) is 3.60. The van der Waals surface area contributed by atoms with Crippen molar-refractivity contribution in [2.45, 2.75) is 62.5 Å². The van der Waals surface area contributed by atoms with E-state index in [1.165, 1.54) is 12.8 Å². The van der Waals surface area contributed by atoms with Crippen LogP contribution >= 0.6 is 11.6 Å². The van der Waals surface area contributed by atoms with Gasteiger partial charge in [0.25, 0.3) is 0 Å². The van der Waals surface area contributed by atoms with Crippen LogP contribution in [0.5, 0.6) is 0 Å². The Morgan fingerprint density at radius 3 is 2.71 bits per heavy atom. The van der Waals surface area contributed by atoms with Gasteiger partial charge in [-0.2, -0.15) is 0 Å². The Balaban J connectivity index is 1.91. The van der Waals surface area contributed by atoms with Crippen LogP contribution in [0.3, 0.4) is 0 Å². The minimum atomic E-state index is -0.979. The van der Waals surface area contributed by atoms with Crippen molar-refractivity contribution >= 4 is 28.2 Å². The highest BCUT2D eigenvalue weighted by Gasteiger charge is 2.37. The number of aromatic nitrogens is 2. The summed E-state index contributed by atoms with van der Waals surface area (Å²) in [7, 11) is -0.979. The largest absolute Gasteiger partial charge is 0.377 e. The molecule has 0 aromatic carbocycles. The standard InChI is InChI=1S/C17H26ClN3O2S/c1-12-11-23-9-8-21(12)15-10-14(19-16(18)20-15)17(2,3)24(22)13-6-4-5-7-13/h10,12-13H,4-9,11H2,1-3H3/t12-,24?/m0/s1. The van der Waals surface area contributed by atoms with Crippen LogP contribution in [0.15, 0.2) is 6.07 Å². The molecule has 134 valence electrons. The lowest BCUT2D eigenvalue weighted by Gasteiger charge is -2.35. The van der Waals surface area contributed by atoms with Crippen molar-refractivity contribution in [2.24, 2.45) is 0 Å². The maximum absolute atomic E-state index is 13.1. The van der Waals surface area contributed by atoms with Crippen molar-refractivity contribution in [3.63, 3.8) is 0 Å². The van der Waals surface area contributed by atoms with Crippen molar-refractivity contribution in [2.75, 3.05) is 24.7 Å². The summed E-state index contributed by atoms with van der Waals surface area (Å²) in [6.45, 7) is 8.25. The number of anilines is 1. The molecule has 1 saturated heterocycles. The molecule has 0 N–H and O–H groups in total. The van der Waals surface area contributed by atoms with Crippen LogP contribution in [0.4, 0.5) is 5.82 Å². The fourth-order valence-electron chi connectivity index (χ4n) is 3.55. The summed E-state index contributed by atoms with van der Waals surface area (Å²) in [5, 5.41) is 0.484. The Hall–Kier alpha value is -0.720. The summed E-state index contributed by atoms with van der Waals surface area (Å²) in [4.78, 5) is 11.0. The first-order valence-electron chi connectivity index (χ1n) is 8.69. The number of nitrogens with zero attached hydrogens (tertiary/aromatic N) is 3. The monoisotopic (exact) mass is 371 g/mol. The van der Waals surface area contributed by atoms with Crippen molar-refractivity contribution in [3.05, 3.63) is 17.0 Å². The SMILES string of the molecule is C[C@H]1COCCN1c1cc(C(C)(C)S(=O)C2CCCC2)nc(Cl)n1. The molecule has 5 nitrogen and oxygen atoms in total. The van der Waals surface area contributed by atoms with Gasteiger partial charge >= 0.3 is 0 Å². The second kappa shape index (κ2) is 7.26. The van der Waals surface area contributed by atoms with Crippen LogP contribution in [0.2, 0.25) is 5.28 Å². The smallest absolute Gasteiger partial charge is 0.224 e. The molecule has 7 heteroatoms. The number of hydrogen-bond donors (Lipinski definition) is 0. The highest BCUT2D eigenvalue weighted by Crippen LogP contribution is 2.36. The molecule has 1 saturated carbocycles. The van der Waals surface area contributed by atoms with Gasteiger partial charge in [0.05, 0.1) is 29.7 Å². The minimum absolute atomic E-state index is 0.220. The van der Waals surface area contributed by atoms with E-state index in [1.54, 1.807) is 0 Å². The summed E-state index contributed by atoms with van der Waals surface area (Å²) in [5.41, 5.74) is 0.765. The molecular weight excluding hydrogens is 346 g/mol. The van der Waals surface area contributed by atoms with Crippen LogP contribution in [-0.2, 0) is 20.3 Å². The van der Waals surface area contributed by atoms with Gasteiger partial charge in [0.1, 0.15) is 5.82 Å². The van der Waals surface area contributed by atoms with Crippen LogP contribution < -0.4 is 4.90 Å². The van der Waals surface area contributed by atoms with Crippen molar-refractivity contribution in [3.8, 4) is 0 Å². The molecular formula is C17H26ClN3O2S. The van der Waals surface area contributed by atoms with E-state index in [9.17, 15) is 4.21 Å². The first-order valence-corrected chi connectivity index (χ1v) is 10.3. The lowest BCUT2D eigenvalue weighted by molar-refractivity contribution is 0.0985. The van der Waals surface area contributed by atoms with Gasteiger partial charge in [0.2, 0.25) is 5.28 Å². The zero-order valence-corrected chi connectivity index (χ0v) is 16.2. The molecule has 1 unspecified atom stereocenters. The molecule has 1 aromatic rings. The van der Waals surface area contributed by atoms with Crippen LogP contribution in [0, 0.1) is 0 Å². The Labute approximate surface area is 151 Å².